The number of carboxylic acid groups (broad SMARTS) is 1. The van der Waals surface area contributed by atoms with Crippen LogP contribution in [0.2, 0.25) is 0 Å². The van der Waals surface area contributed by atoms with Crippen molar-refractivity contribution in [2.75, 3.05) is 6.61 Å². The van der Waals surface area contributed by atoms with Crippen LogP contribution in [0.3, 0.4) is 0 Å². The fraction of sp³-hybridized carbons (Fsp3) is 0.300. The molecule has 0 heterocycles. The molecule has 0 bridgehead atoms. The van der Waals surface area contributed by atoms with Gasteiger partial charge in [0.15, 0.2) is 11.6 Å². The molecule has 0 saturated carbocycles. The highest BCUT2D eigenvalue weighted by atomic mass is 19.2. The Morgan fingerprint density at radius 2 is 1.46 bits per heavy atom. The molecule has 0 unspecified atom stereocenters. The number of ether oxygens (including phenoxy) is 2. The van der Waals surface area contributed by atoms with Gasteiger partial charge in [0.25, 0.3) is 5.91 Å². The van der Waals surface area contributed by atoms with Crippen molar-refractivity contribution in [3.8, 4) is 11.5 Å². The molecule has 9 heteroatoms. The van der Waals surface area contributed by atoms with E-state index in [1.165, 1.54) is 31.4 Å². The van der Waals surface area contributed by atoms with Gasteiger partial charge < -0.3 is 19.9 Å². The zero-order valence-corrected chi connectivity index (χ0v) is 21.6. The molecule has 0 spiro atoms. The lowest BCUT2D eigenvalue weighted by Gasteiger charge is -2.15. The maximum absolute atomic E-state index is 13.4. The van der Waals surface area contributed by atoms with Crippen LogP contribution in [-0.4, -0.2) is 35.6 Å². The van der Waals surface area contributed by atoms with Gasteiger partial charge in [-0.1, -0.05) is 44.7 Å². The number of halogens is 2. The molecular formula is C30H31F2NO6. The minimum atomic E-state index is -1.32. The maximum Gasteiger partial charge on any atom is 0.343 e. The molecule has 0 aliphatic rings. The largest absolute Gasteiger partial charge is 0.494 e. The third kappa shape index (κ3) is 9.21. The lowest BCUT2D eigenvalue weighted by Crippen LogP contribution is -2.42. The van der Waals surface area contributed by atoms with E-state index in [0.29, 0.717) is 29.5 Å². The number of benzene rings is 3. The molecular weight excluding hydrogens is 508 g/mol. The fourth-order valence-electron chi connectivity index (χ4n) is 3.76. The summed E-state index contributed by atoms with van der Waals surface area (Å²) in [5.74, 6) is -4.10. The van der Waals surface area contributed by atoms with Crippen molar-refractivity contribution < 1.29 is 37.7 Å². The van der Waals surface area contributed by atoms with Crippen LogP contribution >= 0.6 is 0 Å². The van der Waals surface area contributed by atoms with E-state index < -0.39 is 35.5 Å². The van der Waals surface area contributed by atoms with Gasteiger partial charge in [-0.15, -0.1) is 0 Å². The second-order valence-electron chi connectivity index (χ2n) is 9.02. The van der Waals surface area contributed by atoms with E-state index in [2.05, 4.69) is 12.2 Å². The van der Waals surface area contributed by atoms with Crippen molar-refractivity contribution in [1.82, 2.24) is 5.32 Å². The molecule has 0 radical (unpaired) electrons. The van der Waals surface area contributed by atoms with Crippen LogP contribution in [0.4, 0.5) is 8.78 Å². The molecule has 3 aromatic rings. The first-order valence-electron chi connectivity index (χ1n) is 12.8. The first-order valence-corrected chi connectivity index (χ1v) is 12.8. The van der Waals surface area contributed by atoms with Gasteiger partial charge in [-0.25, -0.2) is 18.4 Å². The number of unbranched alkanes of at least 4 members (excludes halogenated alkanes) is 4. The average Bonchev–Trinajstić information content (AvgIpc) is 2.93. The Morgan fingerprint density at radius 3 is 2.10 bits per heavy atom. The van der Waals surface area contributed by atoms with Crippen molar-refractivity contribution in [1.29, 1.82) is 0 Å². The number of hydrogen-bond donors (Lipinski definition) is 2. The molecule has 39 heavy (non-hydrogen) atoms. The number of nitrogens with one attached hydrogen (secondary N) is 1. The van der Waals surface area contributed by atoms with E-state index in [0.717, 1.165) is 25.0 Å². The van der Waals surface area contributed by atoms with E-state index in [1.54, 1.807) is 36.4 Å². The quantitative estimate of drug-likeness (QED) is 0.149. The Morgan fingerprint density at radius 1 is 0.821 bits per heavy atom. The summed E-state index contributed by atoms with van der Waals surface area (Å²) in [7, 11) is 0. The van der Waals surface area contributed by atoms with Gasteiger partial charge in [-0.05, 0) is 66.6 Å². The molecule has 2 N–H and O–H groups in total. The van der Waals surface area contributed by atoms with Gasteiger partial charge in [0.2, 0.25) is 0 Å². The SMILES string of the molecule is CCCCCCCOc1ccc(C(=O)Oc2ccc(C[C@H](NC(=O)c3ccc(F)c(F)c3)C(=O)O)cc2)cc1. The summed E-state index contributed by atoms with van der Waals surface area (Å²) in [5.41, 5.74) is 0.689. The summed E-state index contributed by atoms with van der Waals surface area (Å²) >= 11 is 0. The Bertz CT molecular complexity index is 1260. The molecule has 3 rings (SSSR count). The number of amides is 1. The zero-order chi connectivity index (χ0) is 28.2. The predicted molar refractivity (Wildman–Crippen MR) is 141 cm³/mol. The number of rotatable bonds is 14. The topological polar surface area (TPSA) is 102 Å². The van der Waals surface area contributed by atoms with Gasteiger partial charge >= 0.3 is 11.9 Å². The number of carbonyl (C=O) groups excluding carboxylic acids is 2. The molecule has 0 saturated heterocycles. The lowest BCUT2D eigenvalue weighted by atomic mass is 10.1. The Labute approximate surface area is 225 Å². The Kier molecular flexibility index (Phi) is 11.0. The van der Waals surface area contributed by atoms with Crippen LogP contribution in [0.15, 0.2) is 66.7 Å². The Balaban J connectivity index is 1.51. The number of carbonyl (C=O) groups is 3. The summed E-state index contributed by atoms with van der Waals surface area (Å²) in [4.78, 5) is 36.5. The van der Waals surface area contributed by atoms with E-state index in [-0.39, 0.29) is 17.7 Å². The number of aliphatic carboxylic acids is 1. The lowest BCUT2D eigenvalue weighted by molar-refractivity contribution is -0.139. The van der Waals surface area contributed by atoms with Crippen LogP contribution < -0.4 is 14.8 Å². The summed E-state index contributed by atoms with van der Waals surface area (Å²) in [6.45, 7) is 2.79. The molecule has 7 nitrogen and oxygen atoms in total. The molecule has 206 valence electrons. The van der Waals surface area contributed by atoms with Crippen molar-refractivity contribution in [2.24, 2.45) is 0 Å². The monoisotopic (exact) mass is 539 g/mol. The van der Waals surface area contributed by atoms with E-state index >= 15 is 0 Å². The highest BCUT2D eigenvalue weighted by molar-refractivity contribution is 5.96. The second-order valence-corrected chi connectivity index (χ2v) is 9.02. The highest BCUT2D eigenvalue weighted by Crippen LogP contribution is 2.18. The highest BCUT2D eigenvalue weighted by Gasteiger charge is 2.22. The summed E-state index contributed by atoms with van der Waals surface area (Å²) in [6, 6.07) is 14.1. The maximum atomic E-state index is 13.4. The first-order chi connectivity index (χ1) is 18.8. The van der Waals surface area contributed by atoms with Crippen molar-refractivity contribution >= 4 is 17.8 Å². The average molecular weight is 540 g/mol. The fourth-order valence-corrected chi connectivity index (χ4v) is 3.76. The van der Waals surface area contributed by atoms with Crippen LogP contribution in [0.1, 0.15) is 65.3 Å². The van der Waals surface area contributed by atoms with E-state index in [9.17, 15) is 28.3 Å². The van der Waals surface area contributed by atoms with Crippen LogP contribution in [0, 0.1) is 11.6 Å². The van der Waals surface area contributed by atoms with Crippen molar-refractivity contribution in [2.45, 2.75) is 51.5 Å². The number of esters is 1. The first kappa shape index (κ1) is 29.3. The molecule has 0 aliphatic heterocycles. The third-order valence-corrected chi connectivity index (χ3v) is 5.97. The summed E-state index contributed by atoms with van der Waals surface area (Å²) < 4.78 is 37.6. The van der Waals surface area contributed by atoms with Gasteiger partial charge in [0.1, 0.15) is 17.5 Å². The van der Waals surface area contributed by atoms with Crippen LogP contribution in [-0.2, 0) is 11.2 Å². The van der Waals surface area contributed by atoms with Crippen molar-refractivity contribution in [3.05, 3.63) is 95.1 Å². The van der Waals surface area contributed by atoms with Crippen LogP contribution in [0.5, 0.6) is 11.5 Å². The minimum absolute atomic E-state index is 0.0843. The summed E-state index contributed by atoms with van der Waals surface area (Å²) in [6.07, 6.45) is 5.63. The molecule has 3 aromatic carbocycles. The van der Waals surface area contributed by atoms with E-state index in [1.807, 2.05) is 0 Å². The molecule has 0 aliphatic carbocycles. The normalized spacial score (nSPS) is 11.5. The minimum Gasteiger partial charge on any atom is -0.494 e. The predicted octanol–water partition coefficient (Wildman–Crippen LogP) is 5.96. The molecule has 0 fully saturated rings. The molecule has 1 atom stereocenters. The number of hydrogen-bond acceptors (Lipinski definition) is 5. The Hall–Kier alpha value is -4.27. The van der Waals surface area contributed by atoms with Gasteiger partial charge in [0.05, 0.1) is 12.2 Å². The number of carboxylic acids is 1. The molecule has 1 amide bonds. The third-order valence-electron chi connectivity index (χ3n) is 5.97. The standard InChI is InChI=1S/C30H31F2NO6/c1-2-3-4-5-6-17-38-23-14-9-21(10-15-23)30(37)39-24-12-7-20(8-13-24)18-27(29(35)36)33-28(34)22-11-16-25(31)26(32)19-22/h7-16,19,27H,2-6,17-18H2,1H3,(H,33,34)(H,35,36)/t27-/m0/s1. The van der Waals surface area contributed by atoms with Gasteiger partial charge in [0, 0.05) is 12.0 Å². The van der Waals surface area contributed by atoms with Crippen LogP contribution in [0.25, 0.3) is 0 Å². The van der Waals surface area contributed by atoms with Gasteiger partial charge in [-0.2, -0.15) is 0 Å². The molecule has 0 aromatic heterocycles. The summed E-state index contributed by atoms with van der Waals surface area (Å²) in [5, 5.41) is 11.8. The van der Waals surface area contributed by atoms with Gasteiger partial charge in [-0.3, -0.25) is 4.79 Å². The van der Waals surface area contributed by atoms with E-state index in [4.69, 9.17) is 9.47 Å². The second kappa shape index (κ2) is 14.6. The van der Waals surface area contributed by atoms with Crippen molar-refractivity contribution in [3.63, 3.8) is 0 Å². The smallest absolute Gasteiger partial charge is 0.343 e. The zero-order valence-electron chi connectivity index (χ0n) is 21.6.